The number of nitrogens with one attached hydrogen (secondary N) is 1. The van der Waals surface area contributed by atoms with E-state index >= 15 is 0 Å². The Morgan fingerprint density at radius 1 is 1.30 bits per heavy atom. The van der Waals surface area contributed by atoms with Gasteiger partial charge < -0.3 is 10.1 Å². The van der Waals surface area contributed by atoms with Crippen molar-refractivity contribution >= 4 is 39.1 Å². The lowest BCUT2D eigenvalue weighted by Gasteiger charge is -2.19. The summed E-state index contributed by atoms with van der Waals surface area (Å²) in [5.74, 6) is -0.457. The van der Waals surface area contributed by atoms with E-state index in [0.29, 0.717) is 6.54 Å². The van der Waals surface area contributed by atoms with E-state index in [9.17, 15) is 9.59 Å². The first-order valence-electron chi connectivity index (χ1n) is 6.49. The van der Waals surface area contributed by atoms with Crippen LogP contribution < -0.4 is 5.32 Å². The molecule has 112 valence electrons. The van der Waals surface area contributed by atoms with Gasteiger partial charge in [0.2, 0.25) is 5.91 Å². The fraction of sp³-hybridized carbons (Fsp3) is 0.571. The highest BCUT2D eigenvalue weighted by atomic mass is 79.9. The molecular weight excluding hydrogens is 342 g/mol. The number of rotatable bonds is 6. The van der Waals surface area contributed by atoms with Crippen LogP contribution in [0, 0.1) is 0 Å². The summed E-state index contributed by atoms with van der Waals surface area (Å²) >= 11 is 5.05. The summed E-state index contributed by atoms with van der Waals surface area (Å²) in [6, 6.07) is 4.02. The Hall–Kier alpha value is -0.880. The topological polar surface area (TPSA) is 55.4 Å². The monoisotopic (exact) mass is 361 g/mol. The van der Waals surface area contributed by atoms with Crippen LogP contribution in [0.15, 0.2) is 15.9 Å². The molecule has 0 fully saturated rings. The largest absolute Gasteiger partial charge is 0.460 e. The maximum absolute atomic E-state index is 11.6. The first-order valence-corrected chi connectivity index (χ1v) is 8.10. The highest BCUT2D eigenvalue weighted by Gasteiger charge is 2.16. The van der Waals surface area contributed by atoms with Crippen molar-refractivity contribution in [2.24, 2.45) is 0 Å². The van der Waals surface area contributed by atoms with Gasteiger partial charge in [0.05, 0.1) is 10.2 Å². The lowest BCUT2D eigenvalue weighted by atomic mass is 10.2. The standard InChI is InChI=1S/C14H20BrNO3S/c1-14(2,3)19-13(18)7-6-12(17)16-9-8-10-4-5-11(15)20-10/h4-5H,6-9H2,1-3H3,(H,16,17). The highest BCUT2D eigenvalue weighted by molar-refractivity contribution is 9.11. The van der Waals surface area contributed by atoms with Crippen LogP contribution in [0.25, 0.3) is 0 Å². The first-order chi connectivity index (χ1) is 9.26. The second kappa shape index (κ2) is 7.78. The van der Waals surface area contributed by atoms with Gasteiger partial charge in [-0.25, -0.2) is 0 Å². The Kier molecular flexibility index (Phi) is 6.68. The van der Waals surface area contributed by atoms with Crippen molar-refractivity contribution in [3.63, 3.8) is 0 Å². The van der Waals surface area contributed by atoms with Gasteiger partial charge >= 0.3 is 5.97 Å². The molecule has 0 atom stereocenters. The van der Waals surface area contributed by atoms with Crippen LogP contribution in [0.4, 0.5) is 0 Å². The van der Waals surface area contributed by atoms with Gasteiger partial charge in [0.25, 0.3) is 0 Å². The van der Waals surface area contributed by atoms with E-state index in [1.54, 1.807) is 11.3 Å². The van der Waals surface area contributed by atoms with E-state index in [1.807, 2.05) is 32.9 Å². The van der Waals surface area contributed by atoms with Crippen LogP contribution in [-0.2, 0) is 20.7 Å². The Bertz CT molecular complexity index is 465. The maximum Gasteiger partial charge on any atom is 0.306 e. The molecule has 1 rings (SSSR count). The molecule has 0 aliphatic rings. The average Bonchev–Trinajstić information content (AvgIpc) is 2.70. The average molecular weight is 362 g/mol. The van der Waals surface area contributed by atoms with Crippen molar-refractivity contribution in [1.29, 1.82) is 0 Å². The second-order valence-corrected chi connectivity index (χ2v) is 7.94. The van der Waals surface area contributed by atoms with Crippen LogP contribution in [0.2, 0.25) is 0 Å². The quantitative estimate of drug-likeness (QED) is 0.790. The van der Waals surface area contributed by atoms with Gasteiger partial charge in [-0.1, -0.05) is 0 Å². The third-order valence-corrected chi connectivity index (χ3v) is 3.98. The third kappa shape index (κ3) is 7.65. The van der Waals surface area contributed by atoms with Crippen molar-refractivity contribution in [2.75, 3.05) is 6.54 Å². The molecule has 0 bridgehead atoms. The molecule has 6 heteroatoms. The van der Waals surface area contributed by atoms with Gasteiger partial charge in [0, 0.05) is 17.8 Å². The molecule has 1 aromatic heterocycles. The van der Waals surface area contributed by atoms with E-state index < -0.39 is 5.60 Å². The Morgan fingerprint density at radius 3 is 2.55 bits per heavy atom. The van der Waals surface area contributed by atoms with Gasteiger partial charge in [0.15, 0.2) is 0 Å². The van der Waals surface area contributed by atoms with Crippen LogP contribution >= 0.6 is 27.3 Å². The lowest BCUT2D eigenvalue weighted by Crippen LogP contribution is -2.28. The minimum Gasteiger partial charge on any atom is -0.460 e. The summed E-state index contributed by atoms with van der Waals surface area (Å²) < 4.78 is 6.23. The fourth-order valence-electron chi connectivity index (χ4n) is 1.51. The molecular formula is C14H20BrNO3S. The van der Waals surface area contributed by atoms with Crippen LogP contribution in [-0.4, -0.2) is 24.0 Å². The first kappa shape index (κ1) is 17.2. The highest BCUT2D eigenvalue weighted by Crippen LogP contribution is 2.22. The number of hydrogen-bond donors (Lipinski definition) is 1. The molecule has 1 N–H and O–H groups in total. The molecule has 0 saturated heterocycles. The minimum absolute atomic E-state index is 0.119. The molecule has 0 spiro atoms. The van der Waals surface area contributed by atoms with Gasteiger partial charge in [-0.3, -0.25) is 9.59 Å². The molecule has 1 amide bonds. The van der Waals surface area contributed by atoms with Gasteiger partial charge in [-0.05, 0) is 55.3 Å². The summed E-state index contributed by atoms with van der Waals surface area (Å²) in [5.41, 5.74) is -0.500. The zero-order valence-electron chi connectivity index (χ0n) is 12.0. The number of halogens is 1. The Labute approximate surface area is 132 Å². The number of carbonyl (C=O) groups excluding carboxylic acids is 2. The second-order valence-electron chi connectivity index (χ2n) is 5.39. The molecule has 1 heterocycles. The summed E-state index contributed by atoms with van der Waals surface area (Å²) in [7, 11) is 0. The normalized spacial score (nSPS) is 11.2. The number of ether oxygens (including phenoxy) is 1. The zero-order valence-corrected chi connectivity index (χ0v) is 14.4. The smallest absolute Gasteiger partial charge is 0.306 e. The van der Waals surface area contributed by atoms with Crippen LogP contribution in [0.3, 0.4) is 0 Å². The predicted molar refractivity (Wildman–Crippen MR) is 83.8 cm³/mol. The summed E-state index contributed by atoms with van der Waals surface area (Å²) in [4.78, 5) is 24.3. The van der Waals surface area contributed by atoms with Crippen molar-refractivity contribution in [1.82, 2.24) is 5.32 Å². The van der Waals surface area contributed by atoms with Crippen molar-refractivity contribution < 1.29 is 14.3 Å². The molecule has 0 saturated carbocycles. The van der Waals surface area contributed by atoms with Crippen molar-refractivity contribution in [2.45, 2.75) is 45.6 Å². The lowest BCUT2D eigenvalue weighted by molar-refractivity contribution is -0.155. The predicted octanol–water partition coefficient (Wildman–Crippen LogP) is 3.29. The van der Waals surface area contributed by atoms with E-state index in [2.05, 4.69) is 21.2 Å². The zero-order chi connectivity index (χ0) is 15.2. The summed E-state index contributed by atoms with van der Waals surface area (Å²) in [6.45, 7) is 6.01. The molecule has 0 radical (unpaired) electrons. The summed E-state index contributed by atoms with van der Waals surface area (Å²) in [6.07, 6.45) is 1.09. The number of esters is 1. The van der Waals surface area contributed by atoms with Crippen LogP contribution in [0.5, 0.6) is 0 Å². The molecule has 4 nitrogen and oxygen atoms in total. The fourth-order valence-corrected chi connectivity index (χ4v) is 2.99. The molecule has 1 aromatic rings. The van der Waals surface area contributed by atoms with Gasteiger partial charge in [-0.15, -0.1) is 11.3 Å². The van der Waals surface area contributed by atoms with E-state index in [-0.39, 0.29) is 24.7 Å². The van der Waals surface area contributed by atoms with E-state index in [4.69, 9.17) is 4.74 Å². The van der Waals surface area contributed by atoms with Crippen molar-refractivity contribution in [3.8, 4) is 0 Å². The van der Waals surface area contributed by atoms with E-state index in [1.165, 1.54) is 4.88 Å². The third-order valence-electron chi connectivity index (χ3n) is 2.30. The van der Waals surface area contributed by atoms with Gasteiger partial charge in [0.1, 0.15) is 5.60 Å². The Morgan fingerprint density at radius 2 is 2.00 bits per heavy atom. The van der Waals surface area contributed by atoms with Crippen LogP contribution in [0.1, 0.15) is 38.5 Å². The summed E-state index contributed by atoms with van der Waals surface area (Å²) in [5, 5.41) is 2.80. The number of carbonyl (C=O) groups is 2. The Balaban J connectivity index is 2.16. The van der Waals surface area contributed by atoms with Gasteiger partial charge in [-0.2, -0.15) is 0 Å². The molecule has 0 unspecified atom stereocenters. The maximum atomic E-state index is 11.6. The number of hydrogen-bond acceptors (Lipinski definition) is 4. The molecule has 0 aromatic carbocycles. The van der Waals surface area contributed by atoms with Crippen molar-refractivity contribution in [3.05, 3.63) is 20.8 Å². The molecule has 20 heavy (non-hydrogen) atoms. The number of thiophene rings is 1. The molecule has 0 aliphatic carbocycles. The van der Waals surface area contributed by atoms with E-state index in [0.717, 1.165) is 10.2 Å². The minimum atomic E-state index is -0.500. The number of amides is 1. The SMILES string of the molecule is CC(C)(C)OC(=O)CCC(=O)NCCc1ccc(Br)s1. The molecule has 0 aliphatic heterocycles.